The lowest BCUT2D eigenvalue weighted by Gasteiger charge is -2.13. The Morgan fingerprint density at radius 3 is 2.50 bits per heavy atom. The van der Waals surface area contributed by atoms with Crippen LogP contribution in [0.1, 0.15) is 16.7 Å². The van der Waals surface area contributed by atoms with E-state index in [1.165, 1.54) is 0 Å². The maximum absolute atomic E-state index is 9.15. The number of aromatic nitrogens is 2. The van der Waals surface area contributed by atoms with Gasteiger partial charge in [-0.2, -0.15) is 4.98 Å². The molecular formula is C13H16N4O. The van der Waals surface area contributed by atoms with Crippen LogP contribution in [0.3, 0.4) is 0 Å². The highest BCUT2D eigenvalue weighted by Gasteiger charge is 2.06. The molecule has 0 atom stereocenters. The molecule has 0 saturated heterocycles. The van der Waals surface area contributed by atoms with E-state index in [1.807, 2.05) is 26.0 Å². The minimum Gasteiger partial charge on any atom is -0.392 e. The van der Waals surface area contributed by atoms with Crippen molar-refractivity contribution in [3.8, 4) is 0 Å². The molecule has 0 amide bonds. The molecule has 0 aliphatic rings. The van der Waals surface area contributed by atoms with Crippen LogP contribution >= 0.6 is 0 Å². The van der Waals surface area contributed by atoms with Gasteiger partial charge < -0.3 is 16.2 Å². The van der Waals surface area contributed by atoms with Gasteiger partial charge in [-0.25, -0.2) is 4.98 Å². The van der Waals surface area contributed by atoms with Gasteiger partial charge in [0.15, 0.2) is 0 Å². The molecule has 1 heterocycles. The number of nitrogens with one attached hydrogen (secondary N) is 1. The summed E-state index contributed by atoms with van der Waals surface area (Å²) in [7, 11) is 0. The van der Waals surface area contributed by atoms with Crippen molar-refractivity contribution in [1.82, 2.24) is 9.97 Å². The summed E-state index contributed by atoms with van der Waals surface area (Å²) in [6.45, 7) is 4.01. The molecule has 0 aliphatic heterocycles. The molecule has 0 saturated carbocycles. The molecule has 1 aromatic heterocycles. The largest absolute Gasteiger partial charge is 0.392 e. The van der Waals surface area contributed by atoms with Crippen molar-refractivity contribution in [2.75, 3.05) is 11.1 Å². The molecule has 4 N–H and O–H groups in total. The summed E-state index contributed by atoms with van der Waals surface area (Å²) in [6, 6.07) is 5.65. The third-order valence-electron chi connectivity index (χ3n) is 2.70. The highest BCUT2D eigenvalue weighted by atomic mass is 16.3. The standard InChI is InChI=1S/C13H16N4O/c1-8-5-10(7-18)6-9(2)12(8)16-11-3-4-15-13(14)17-11/h3-6,18H,7H2,1-2H3,(H3,14,15,16,17). The van der Waals surface area contributed by atoms with Crippen LogP contribution < -0.4 is 11.1 Å². The van der Waals surface area contributed by atoms with Gasteiger partial charge in [0, 0.05) is 11.9 Å². The van der Waals surface area contributed by atoms with Gasteiger partial charge in [-0.1, -0.05) is 12.1 Å². The van der Waals surface area contributed by atoms with Crippen LogP contribution in [-0.2, 0) is 6.61 Å². The minimum atomic E-state index is 0.0441. The van der Waals surface area contributed by atoms with Crippen molar-refractivity contribution in [2.45, 2.75) is 20.5 Å². The lowest BCUT2D eigenvalue weighted by atomic mass is 10.0. The van der Waals surface area contributed by atoms with E-state index in [1.54, 1.807) is 12.3 Å². The molecule has 0 unspecified atom stereocenters. The fraction of sp³-hybridized carbons (Fsp3) is 0.231. The number of aliphatic hydroxyl groups is 1. The monoisotopic (exact) mass is 244 g/mol. The molecule has 2 aromatic rings. The first-order valence-electron chi connectivity index (χ1n) is 5.66. The third kappa shape index (κ3) is 2.57. The Labute approximate surface area is 106 Å². The lowest BCUT2D eigenvalue weighted by molar-refractivity contribution is 0.281. The van der Waals surface area contributed by atoms with Crippen LogP contribution in [0.15, 0.2) is 24.4 Å². The van der Waals surface area contributed by atoms with Crippen molar-refractivity contribution in [3.05, 3.63) is 41.1 Å². The molecule has 5 nitrogen and oxygen atoms in total. The summed E-state index contributed by atoms with van der Waals surface area (Å²) in [5, 5.41) is 12.4. The Balaban J connectivity index is 2.35. The second kappa shape index (κ2) is 5.01. The van der Waals surface area contributed by atoms with Crippen LogP contribution in [0.4, 0.5) is 17.5 Å². The van der Waals surface area contributed by atoms with Gasteiger partial charge in [-0.3, -0.25) is 0 Å². The quantitative estimate of drug-likeness (QED) is 0.768. The topological polar surface area (TPSA) is 84.1 Å². The molecule has 0 radical (unpaired) electrons. The van der Waals surface area contributed by atoms with Crippen molar-refractivity contribution in [2.24, 2.45) is 0 Å². The Morgan fingerprint density at radius 2 is 1.94 bits per heavy atom. The summed E-state index contributed by atoms with van der Waals surface area (Å²) in [5.74, 6) is 0.896. The summed E-state index contributed by atoms with van der Waals surface area (Å²) >= 11 is 0. The van der Waals surface area contributed by atoms with Crippen LogP contribution in [0.25, 0.3) is 0 Å². The van der Waals surface area contributed by atoms with E-state index in [0.717, 1.165) is 22.4 Å². The normalized spacial score (nSPS) is 10.4. The van der Waals surface area contributed by atoms with Crippen molar-refractivity contribution >= 4 is 17.5 Å². The van der Waals surface area contributed by atoms with Gasteiger partial charge in [0.25, 0.3) is 0 Å². The number of aliphatic hydroxyl groups excluding tert-OH is 1. The molecule has 0 bridgehead atoms. The van der Waals surface area contributed by atoms with Gasteiger partial charge in [0.05, 0.1) is 6.61 Å². The second-order valence-corrected chi connectivity index (χ2v) is 4.19. The smallest absolute Gasteiger partial charge is 0.221 e. The predicted molar refractivity (Wildman–Crippen MR) is 71.6 cm³/mol. The fourth-order valence-electron chi connectivity index (χ4n) is 1.91. The second-order valence-electron chi connectivity index (χ2n) is 4.19. The van der Waals surface area contributed by atoms with E-state index in [-0.39, 0.29) is 12.6 Å². The van der Waals surface area contributed by atoms with Crippen molar-refractivity contribution in [3.63, 3.8) is 0 Å². The van der Waals surface area contributed by atoms with E-state index in [2.05, 4.69) is 15.3 Å². The maximum atomic E-state index is 9.15. The SMILES string of the molecule is Cc1cc(CO)cc(C)c1Nc1ccnc(N)n1. The number of rotatable bonds is 3. The molecule has 0 aliphatic carbocycles. The predicted octanol–water partition coefficient (Wildman–Crippen LogP) is 1.91. The van der Waals surface area contributed by atoms with Crippen LogP contribution in [0.2, 0.25) is 0 Å². The molecule has 1 aromatic carbocycles. The van der Waals surface area contributed by atoms with Crippen molar-refractivity contribution in [1.29, 1.82) is 0 Å². The van der Waals surface area contributed by atoms with Gasteiger partial charge in [-0.15, -0.1) is 0 Å². The van der Waals surface area contributed by atoms with Crippen molar-refractivity contribution < 1.29 is 5.11 Å². The van der Waals surface area contributed by atoms with E-state index in [4.69, 9.17) is 10.8 Å². The third-order valence-corrected chi connectivity index (χ3v) is 2.70. The van der Waals surface area contributed by atoms with Crippen LogP contribution in [0.5, 0.6) is 0 Å². The summed E-state index contributed by atoms with van der Waals surface area (Å²) < 4.78 is 0. The Hall–Kier alpha value is -2.14. The summed E-state index contributed by atoms with van der Waals surface area (Å²) in [5.41, 5.74) is 9.52. The number of hydrogen-bond acceptors (Lipinski definition) is 5. The van der Waals surface area contributed by atoms with Crippen LogP contribution in [-0.4, -0.2) is 15.1 Å². The number of nitrogen functional groups attached to an aromatic ring is 1. The fourth-order valence-corrected chi connectivity index (χ4v) is 1.91. The Bertz CT molecular complexity index is 546. The summed E-state index contributed by atoms with van der Waals surface area (Å²) in [4.78, 5) is 7.95. The number of nitrogens with two attached hydrogens (primary N) is 1. The zero-order valence-electron chi connectivity index (χ0n) is 10.4. The van der Waals surface area contributed by atoms with Gasteiger partial charge in [0.1, 0.15) is 5.82 Å². The number of hydrogen-bond donors (Lipinski definition) is 3. The van der Waals surface area contributed by atoms with E-state index in [9.17, 15) is 0 Å². The molecular weight excluding hydrogens is 228 g/mol. The minimum absolute atomic E-state index is 0.0441. The number of nitrogens with zero attached hydrogens (tertiary/aromatic N) is 2. The molecule has 94 valence electrons. The molecule has 18 heavy (non-hydrogen) atoms. The molecule has 5 heteroatoms. The molecule has 0 spiro atoms. The van der Waals surface area contributed by atoms with E-state index >= 15 is 0 Å². The maximum Gasteiger partial charge on any atom is 0.221 e. The highest BCUT2D eigenvalue weighted by molar-refractivity contribution is 5.65. The Morgan fingerprint density at radius 1 is 1.28 bits per heavy atom. The molecule has 0 fully saturated rings. The zero-order chi connectivity index (χ0) is 13.1. The number of benzene rings is 1. The number of anilines is 3. The van der Waals surface area contributed by atoms with Gasteiger partial charge in [0.2, 0.25) is 5.95 Å². The average Bonchev–Trinajstić information content (AvgIpc) is 2.33. The summed E-state index contributed by atoms with van der Waals surface area (Å²) in [6.07, 6.45) is 1.61. The van der Waals surface area contributed by atoms with E-state index < -0.39 is 0 Å². The van der Waals surface area contributed by atoms with E-state index in [0.29, 0.717) is 5.82 Å². The highest BCUT2D eigenvalue weighted by Crippen LogP contribution is 2.25. The first-order chi connectivity index (χ1) is 8.60. The van der Waals surface area contributed by atoms with Gasteiger partial charge >= 0.3 is 0 Å². The van der Waals surface area contributed by atoms with Gasteiger partial charge in [-0.05, 0) is 36.6 Å². The first kappa shape index (κ1) is 12.3. The lowest BCUT2D eigenvalue weighted by Crippen LogP contribution is -2.02. The molecule has 2 rings (SSSR count). The zero-order valence-corrected chi connectivity index (χ0v) is 10.4. The first-order valence-corrected chi connectivity index (χ1v) is 5.66. The average molecular weight is 244 g/mol. The van der Waals surface area contributed by atoms with Crippen LogP contribution in [0, 0.1) is 13.8 Å². The number of aryl methyl sites for hydroxylation is 2. The Kier molecular flexibility index (Phi) is 3.43.